The molecule has 3 unspecified atom stereocenters. The van der Waals surface area contributed by atoms with Gasteiger partial charge in [0.2, 0.25) is 0 Å². The van der Waals surface area contributed by atoms with Crippen LogP contribution in [0.15, 0.2) is 0 Å². The molecule has 0 aromatic rings. The summed E-state index contributed by atoms with van der Waals surface area (Å²) >= 11 is 0. The smallest absolute Gasteiger partial charge is 0.410 e. The number of carboxylic acids is 1. The first-order valence-corrected chi connectivity index (χ1v) is 7.75. The normalized spacial score (nSPS) is 24.8. The van der Waals surface area contributed by atoms with Crippen LogP contribution < -0.4 is 0 Å². The lowest BCUT2D eigenvalue weighted by atomic mass is 9.66. The molecule has 1 fully saturated rings. The molecule has 1 amide bonds. The van der Waals surface area contributed by atoms with Crippen molar-refractivity contribution in [1.29, 1.82) is 0 Å². The van der Waals surface area contributed by atoms with Crippen molar-refractivity contribution >= 4 is 12.1 Å². The number of aliphatic hydroxyl groups excluding tert-OH is 1. The van der Waals surface area contributed by atoms with Crippen LogP contribution in [-0.2, 0) is 9.53 Å². The number of ether oxygens (including phenoxy) is 1. The van der Waals surface area contributed by atoms with Gasteiger partial charge in [-0.3, -0.25) is 0 Å². The summed E-state index contributed by atoms with van der Waals surface area (Å²) in [6, 6.07) is 0. The quantitative estimate of drug-likeness (QED) is 0.835. The molecule has 0 aromatic carbocycles. The van der Waals surface area contributed by atoms with Gasteiger partial charge in [-0.15, -0.1) is 0 Å². The van der Waals surface area contributed by atoms with Crippen molar-refractivity contribution in [2.24, 2.45) is 17.3 Å². The van der Waals surface area contributed by atoms with Gasteiger partial charge in [0, 0.05) is 18.5 Å². The van der Waals surface area contributed by atoms with Gasteiger partial charge in [0.15, 0.2) is 6.10 Å². The maximum atomic E-state index is 12.1. The number of carboxylic acid groups (broad SMARTS) is 1. The molecule has 128 valence electrons. The zero-order chi connectivity index (χ0) is 17.3. The molecular weight excluding hydrogens is 286 g/mol. The predicted molar refractivity (Wildman–Crippen MR) is 82.5 cm³/mol. The molecule has 0 bridgehead atoms. The van der Waals surface area contributed by atoms with Gasteiger partial charge in [0.1, 0.15) is 5.60 Å². The number of hydrogen-bond donors (Lipinski definition) is 2. The van der Waals surface area contributed by atoms with Crippen molar-refractivity contribution in [2.45, 2.75) is 59.7 Å². The van der Waals surface area contributed by atoms with Crippen LogP contribution in [-0.4, -0.2) is 52.0 Å². The third-order valence-electron chi connectivity index (χ3n) is 4.45. The summed E-state index contributed by atoms with van der Waals surface area (Å²) < 4.78 is 5.38. The molecular formula is C16H29NO5. The van der Waals surface area contributed by atoms with E-state index in [4.69, 9.17) is 9.84 Å². The molecule has 2 N–H and O–H groups in total. The van der Waals surface area contributed by atoms with Crippen LogP contribution >= 0.6 is 0 Å². The SMILES string of the molecule is CC1CN(C(=O)OC(C)(C)C)CCC1C(C)(C)C(O)C(=O)O. The maximum absolute atomic E-state index is 12.1. The largest absolute Gasteiger partial charge is 0.479 e. The fraction of sp³-hybridized carbons (Fsp3) is 0.875. The minimum atomic E-state index is -1.41. The van der Waals surface area contributed by atoms with Crippen LogP contribution in [0.5, 0.6) is 0 Å². The second-order valence-corrected chi connectivity index (χ2v) is 7.86. The minimum Gasteiger partial charge on any atom is -0.479 e. The summed E-state index contributed by atoms with van der Waals surface area (Å²) in [5.74, 6) is -1.09. The van der Waals surface area contributed by atoms with Crippen LogP contribution in [0.25, 0.3) is 0 Å². The van der Waals surface area contributed by atoms with Crippen molar-refractivity contribution in [3.8, 4) is 0 Å². The molecule has 3 atom stereocenters. The fourth-order valence-electron chi connectivity index (χ4n) is 3.26. The third kappa shape index (κ3) is 4.35. The molecule has 6 nitrogen and oxygen atoms in total. The van der Waals surface area contributed by atoms with Crippen LogP contribution in [0.3, 0.4) is 0 Å². The summed E-state index contributed by atoms with van der Waals surface area (Å²) in [6.07, 6.45) is -1.10. The molecule has 0 aliphatic carbocycles. The standard InChI is InChI=1S/C16H29NO5/c1-10-9-17(14(21)22-15(2,3)4)8-7-11(10)16(5,6)12(18)13(19)20/h10-12,18H,7-9H2,1-6H3,(H,19,20). The van der Waals surface area contributed by atoms with Gasteiger partial charge in [-0.2, -0.15) is 0 Å². The average molecular weight is 315 g/mol. The first-order chi connectivity index (χ1) is 9.86. The van der Waals surface area contributed by atoms with Crippen molar-refractivity contribution in [2.75, 3.05) is 13.1 Å². The molecule has 1 aliphatic rings. The topological polar surface area (TPSA) is 87.1 Å². The van der Waals surface area contributed by atoms with E-state index in [0.29, 0.717) is 19.5 Å². The molecule has 6 heteroatoms. The highest BCUT2D eigenvalue weighted by Crippen LogP contribution is 2.41. The summed E-state index contributed by atoms with van der Waals surface area (Å²) in [7, 11) is 0. The van der Waals surface area contributed by atoms with E-state index in [9.17, 15) is 14.7 Å². The second-order valence-electron chi connectivity index (χ2n) is 7.86. The molecule has 1 saturated heterocycles. The minimum absolute atomic E-state index is 0.0253. The number of amides is 1. The number of likely N-dealkylation sites (tertiary alicyclic amines) is 1. The van der Waals surface area contributed by atoms with Crippen molar-refractivity contribution in [3.05, 3.63) is 0 Å². The van der Waals surface area contributed by atoms with Crippen LogP contribution in [0.2, 0.25) is 0 Å². The zero-order valence-electron chi connectivity index (χ0n) is 14.4. The number of nitrogens with zero attached hydrogens (tertiary/aromatic N) is 1. The van der Waals surface area contributed by atoms with Crippen molar-refractivity contribution < 1.29 is 24.5 Å². The van der Waals surface area contributed by atoms with Gasteiger partial charge >= 0.3 is 12.1 Å². The van der Waals surface area contributed by atoms with Gasteiger partial charge in [0.25, 0.3) is 0 Å². The maximum Gasteiger partial charge on any atom is 0.410 e. The Morgan fingerprint density at radius 2 is 1.77 bits per heavy atom. The lowest BCUT2D eigenvalue weighted by Gasteiger charge is -2.45. The Hall–Kier alpha value is -1.30. The van der Waals surface area contributed by atoms with Gasteiger partial charge in [0.05, 0.1) is 0 Å². The fourth-order valence-corrected chi connectivity index (χ4v) is 3.26. The lowest BCUT2D eigenvalue weighted by molar-refractivity contribution is -0.158. The number of carbonyl (C=O) groups excluding carboxylic acids is 1. The highest BCUT2D eigenvalue weighted by Gasteiger charge is 2.45. The summed E-state index contributed by atoms with van der Waals surface area (Å²) in [6.45, 7) is 12.0. The number of hydrogen-bond acceptors (Lipinski definition) is 4. The summed E-state index contributed by atoms with van der Waals surface area (Å²) in [4.78, 5) is 24.9. The number of aliphatic carboxylic acids is 1. The summed E-state index contributed by atoms with van der Waals surface area (Å²) in [5, 5.41) is 19.0. The monoisotopic (exact) mass is 315 g/mol. The second kappa shape index (κ2) is 6.44. The van der Waals surface area contributed by atoms with E-state index in [1.165, 1.54) is 0 Å². The van der Waals surface area contributed by atoms with Crippen LogP contribution in [0.4, 0.5) is 4.79 Å². The Morgan fingerprint density at radius 1 is 1.23 bits per heavy atom. The van der Waals surface area contributed by atoms with Crippen LogP contribution in [0, 0.1) is 17.3 Å². The highest BCUT2D eigenvalue weighted by molar-refractivity contribution is 5.73. The van der Waals surface area contributed by atoms with Gasteiger partial charge < -0.3 is 19.8 Å². The highest BCUT2D eigenvalue weighted by atomic mass is 16.6. The Balaban J connectivity index is 2.74. The lowest BCUT2D eigenvalue weighted by Crippen LogP contribution is -2.52. The molecule has 0 aromatic heterocycles. The molecule has 0 spiro atoms. The summed E-state index contributed by atoms with van der Waals surface area (Å²) in [5.41, 5.74) is -1.28. The van der Waals surface area contributed by atoms with E-state index in [-0.39, 0.29) is 17.9 Å². The zero-order valence-corrected chi connectivity index (χ0v) is 14.4. The molecule has 1 heterocycles. The van der Waals surface area contributed by atoms with Crippen molar-refractivity contribution in [1.82, 2.24) is 4.90 Å². The first kappa shape index (κ1) is 18.7. The molecule has 1 aliphatic heterocycles. The number of rotatable bonds is 3. The number of aliphatic hydroxyl groups is 1. The van der Waals surface area contributed by atoms with Crippen LogP contribution in [0.1, 0.15) is 48.0 Å². The number of carbonyl (C=O) groups is 2. The van der Waals surface area contributed by atoms with E-state index in [1.807, 2.05) is 27.7 Å². The van der Waals surface area contributed by atoms with E-state index in [1.54, 1.807) is 18.7 Å². The predicted octanol–water partition coefficient (Wildman–Crippen LogP) is 2.35. The van der Waals surface area contributed by atoms with E-state index in [2.05, 4.69) is 0 Å². The Bertz CT molecular complexity index is 427. The van der Waals surface area contributed by atoms with E-state index >= 15 is 0 Å². The van der Waals surface area contributed by atoms with Crippen molar-refractivity contribution in [3.63, 3.8) is 0 Å². The van der Waals surface area contributed by atoms with E-state index < -0.39 is 23.1 Å². The van der Waals surface area contributed by atoms with E-state index in [0.717, 1.165) is 0 Å². The molecule has 0 saturated carbocycles. The van der Waals surface area contributed by atoms with Gasteiger partial charge in [-0.05, 0) is 39.0 Å². The first-order valence-electron chi connectivity index (χ1n) is 7.75. The van der Waals surface area contributed by atoms with Gasteiger partial charge in [-0.1, -0.05) is 20.8 Å². The number of piperidine rings is 1. The Kier molecular flexibility index (Phi) is 5.49. The third-order valence-corrected chi connectivity index (χ3v) is 4.45. The molecule has 1 rings (SSSR count). The Labute approximate surface area is 132 Å². The molecule has 0 radical (unpaired) electrons. The average Bonchev–Trinajstić information content (AvgIpc) is 2.35. The van der Waals surface area contributed by atoms with Gasteiger partial charge in [-0.25, -0.2) is 9.59 Å². The Morgan fingerprint density at radius 3 is 2.18 bits per heavy atom. The molecule has 22 heavy (non-hydrogen) atoms.